The van der Waals surface area contributed by atoms with Crippen LogP contribution in [0.15, 0.2) is 83.8 Å². The van der Waals surface area contributed by atoms with Gasteiger partial charge < -0.3 is 5.32 Å². The van der Waals surface area contributed by atoms with Crippen LogP contribution in [0.1, 0.15) is 21.5 Å². The van der Waals surface area contributed by atoms with Gasteiger partial charge in [-0.3, -0.25) is 4.79 Å². The maximum atomic E-state index is 12.7. The van der Waals surface area contributed by atoms with Crippen molar-refractivity contribution >= 4 is 21.6 Å². The minimum Gasteiger partial charge on any atom is -0.322 e. The van der Waals surface area contributed by atoms with Crippen LogP contribution in [0.4, 0.5) is 5.69 Å². The van der Waals surface area contributed by atoms with Crippen molar-refractivity contribution in [3.63, 3.8) is 0 Å². The molecule has 3 aromatic rings. The monoisotopic (exact) mass is 380 g/mol. The van der Waals surface area contributed by atoms with Crippen LogP contribution >= 0.6 is 0 Å². The standard InChI is InChI=1S/C21H20N2O3S/c22-27(25,26)19-11-6-10-18(15-19)23-21(24)20-12-5-4-9-17(20)14-13-16-7-2-1-3-8-16/h1-12,15H,13-14H2,(H,23,24)(H2,22,25,26). The van der Waals surface area contributed by atoms with Crippen molar-refractivity contribution in [3.05, 3.63) is 95.6 Å². The highest BCUT2D eigenvalue weighted by atomic mass is 32.2. The zero-order valence-electron chi connectivity index (χ0n) is 14.6. The summed E-state index contributed by atoms with van der Waals surface area (Å²) >= 11 is 0. The van der Waals surface area contributed by atoms with E-state index in [0.717, 1.165) is 18.4 Å². The number of aryl methyl sites for hydroxylation is 2. The molecule has 0 radical (unpaired) electrons. The number of nitrogens with two attached hydrogens (primary N) is 1. The van der Waals surface area contributed by atoms with Crippen LogP contribution in [-0.2, 0) is 22.9 Å². The first-order valence-electron chi connectivity index (χ1n) is 8.49. The molecule has 0 aromatic heterocycles. The summed E-state index contributed by atoms with van der Waals surface area (Å²) in [6.07, 6.45) is 1.55. The van der Waals surface area contributed by atoms with Crippen molar-refractivity contribution < 1.29 is 13.2 Å². The van der Waals surface area contributed by atoms with Gasteiger partial charge in [0.05, 0.1) is 4.90 Å². The normalized spacial score (nSPS) is 11.1. The summed E-state index contributed by atoms with van der Waals surface area (Å²) in [5, 5.41) is 7.90. The molecule has 0 unspecified atom stereocenters. The second-order valence-corrected chi connectivity index (χ2v) is 7.73. The number of hydrogen-bond acceptors (Lipinski definition) is 3. The van der Waals surface area contributed by atoms with E-state index in [1.165, 1.54) is 23.8 Å². The highest BCUT2D eigenvalue weighted by Gasteiger charge is 2.13. The lowest BCUT2D eigenvalue weighted by Crippen LogP contribution is -2.16. The Balaban J connectivity index is 1.77. The molecule has 0 spiro atoms. The topological polar surface area (TPSA) is 89.3 Å². The number of nitrogens with one attached hydrogen (secondary N) is 1. The van der Waals surface area contributed by atoms with Crippen LogP contribution in [0.3, 0.4) is 0 Å². The molecule has 5 nitrogen and oxygen atoms in total. The number of primary sulfonamides is 1. The molecule has 0 heterocycles. The fraction of sp³-hybridized carbons (Fsp3) is 0.0952. The first-order valence-corrected chi connectivity index (χ1v) is 10.0. The Hall–Kier alpha value is -2.96. The lowest BCUT2D eigenvalue weighted by atomic mass is 9.99. The quantitative estimate of drug-likeness (QED) is 0.687. The SMILES string of the molecule is NS(=O)(=O)c1cccc(NC(=O)c2ccccc2CCc2ccccc2)c1. The molecule has 0 atom stereocenters. The van der Waals surface area contributed by atoms with E-state index in [1.807, 2.05) is 36.4 Å². The molecule has 27 heavy (non-hydrogen) atoms. The van der Waals surface area contributed by atoms with E-state index in [-0.39, 0.29) is 10.8 Å². The summed E-state index contributed by atoms with van der Waals surface area (Å²) in [6, 6.07) is 23.4. The van der Waals surface area contributed by atoms with Crippen molar-refractivity contribution in [1.29, 1.82) is 0 Å². The van der Waals surface area contributed by atoms with Gasteiger partial charge in [0.2, 0.25) is 10.0 Å². The maximum absolute atomic E-state index is 12.7. The Bertz CT molecular complexity index is 1050. The molecular formula is C21H20N2O3S. The highest BCUT2D eigenvalue weighted by molar-refractivity contribution is 7.89. The number of rotatable bonds is 6. The van der Waals surface area contributed by atoms with Crippen LogP contribution < -0.4 is 10.5 Å². The second kappa shape index (κ2) is 8.16. The summed E-state index contributed by atoms with van der Waals surface area (Å²) in [7, 11) is -3.82. The van der Waals surface area contributed by atoms with Gasteiger partial charge in [0.25, 0.3) is 5.91 Å². The van der Waals surface area contributed by atoms with Crippen molar-refractivity contribution in [1.82, 2.24) is 0 Å². The fourth-order valence-corrected chi connectivity index (χ4v) is 3.39. The molecule has 1 amide bonds. The van der Waals surface area contributed by atoms with Gasteiger partial charge in [-0.1, -0.05) is 54.6 Å². The zero-order valence-corrected chi connectivity index (χ0v) is 15.4. The van der Waals surface area contributed by atoms with Gasteiger partial charge in [-0.25, -0.2) is 13.6 Å². The van der Waals surface area contributed by atoms with Crippen LogP contribution in [-0.4, -0.2) is 14.3 Å². The van der Waals surface area contributed by atoms with E-state index >= 15 is 0 Å². The van der Waals surface area contributed by atoms with Gasteiger partial charge in [0.15, 0.2) is 0 Å². The van der Waals surface area contributed by atoms with Crippen LogP contribution in [0.2, 0.25) is 0 Å². The number of sulfonamides is 1. The van der Waals surface area contributed by atoms with Crippen molar-refractivity contribution in [2.75, 3.05) is 5.32 Å². The molecule has 0 aliphatic heterocycles. The summed E-state index contributed by atoms with van der Waals surface area (Å²) in [5.41, 5.74) is 3.08. The molecule has 3 N–H and O–H groups in total. The van der Waals surface area contributed by atoms with E-state index in [0.29, 0.717) is 11.3 Å². The van der Waals surface area contributed by atoms with Gasteiger partial charge in [0.1, 0.15) is 0 Å². The first-order chi connectivity index (χ1) is 12.9. The molecule has 0 fully saturated rings. The van der Waals surface area contributed by atoms with Crippen LogP contribution in [0.25, 0.3) is 0 Å². The molecule has 3 aromatic carbocycles. The van der Waals surface area contributed by atoms with Crippen LogP contribution in [0.5, 0.6) is 0 Å². The number of hydrogen-bond donors (Lipinski definition) is 2. The average molecular weight is 380 g/mol. The zero-order chi connectivity index (χ0) is 19.3. The third kappa shape index (κ3) is 5.03. The molecule has 0 aliphatic carbocycles. The Labute approximate surface area is 158 Å². The van der Waals surface area contributed by atoms with Gasteiger partial charge in [0, 0.05) is 11.3 Å². The number of amides is 1. The van der Waals surface area contributed by atoms with Crippen molar-refractivity contribution in [2.45, 2.75) is 17.7 Å². The number of carbonyl (C=O) groups is 1. The highest BCUT2D eigenvalue weighted by Crippen LogP contribution is 2.18. The Morgan fingerprint density at radius 2 is 1.56 bits per heavy atom. The average Bonchev–Trinajstić information content (AvgIpc) is 2.67. The summed E-state index contributed by atoms with van der Waals surface area (Å²) in [4.78, 5) is 12.7. The molecule has 0 saturated carbocycles. The lowest BCUT2D eigenvalue weighted by Gasteiger charge is -2.11. The molecule has 138 valence electrons. The molecule has 6 heteroatoms. The maximum Gasteiger partial charge on any atom is 0.255 e. The van der Waals surface area contributed by atoms with E-state index in [2.05, 4.69) is 17.4 Å². The summed E-state index contributed by atoms with van der Waals surface area (Å²) < 4.78 is 23.0. The molecule has 0 bridgehead atoms. The summed E-state index contributed by atoms with van der Waals surface area (Å²) in [5.74, 6) is -0.287. The molecule has 0 aliphatic rings. The van der Waals surface area contributed by atoms with E-state index in [4.69, 9.17) is 5.14 Å². The Morgan fingerprint density at radius 1 is 0.852 bits per heavy atom. The van der Waals surface area contributed by atoms with Gasteiger partial charge in [-0.2, -0.15) is 0 Å². The number of benzene rings is 3. The molecular weight excluding hydrogens is 360 g/mol. The molecule has 3 rings (SSSR count). The van der Waals surface area contributed by atoms with Crippen molar-refractivity contribution in [2.24, 2.45) is 5.14 Å². The van der Waals surface area contributed by atoms with Crippen LogP contribution in [0, 0.1) is 0 Å². The van der Waals surface area contributed by atoms with Gasteiger partial charge >= 0.3 is 0 Å². The Kier molecular flexibility index (Phi) is 5.69. The predicted octanol–water partition coefficient (Wildman–Crippen LogP) is 3.37. The van der Waals surface area contributed by atoms with E-state index in [9.17, 15) is 13.2 Å². The number of anilines is 1. The lowest BCUT2D eigenvalue weighted by molar-refractivity contribution is 0.102. The summed E-state index contributed by atoms with van der Waals surface area (Å²) in [6.45, 7) is 0. The minimum atomic E-state index is -3.82. The predicted molar refractivity (Wildman–Crippen MR) is 106 cm³/mol. The number of carbonyl (C=O) groups excluding carboxylic acids is 1. The molecule has 0 saturated heterocycles. The minimum absolute atomic E-state index is 0.0438. The van der Waals surface area contributed by atoms with E-state index in [1.54, 1.807) is 12.1 Å². The Morgan fingerprint density at radius 3 is 2.30 bits per heavy atom. The fourth-order valence-electron chi connectivity index (χ4n) is 2.83. The third-order valence-corrected chi connectivity index (χ3v) is 5.12. The smallest absolute Gasteiger partial charge is 0.255 e. The first kappa shape index (κ1) is 18.8. The van der Waals surface area contributed by atoms with E-state index < -0.39 is 10.0 Å². The largest absolute Gasteiger partial charge is 0.322 e. The van der Waals surface area contributed by atoms with Crippen molar-refractivity contribution in [3.8, 4) is 0 Å². The third-order valence-electron chi connectivity index (χ3n) is 4.21. The second-order valence-electron chi connectivity index (χ2n) is 6.17. The van der Waals surface area contributed by atoms with Gasteiger partial charge in [-0.05, 0) is 48.2 Å². The van der Waals surface area contributed by atoms with Gasteiger partial charge in [-0.15, -0.1) is 0 Å².